The van der Waals surface area contributed by atoms with Gasteiger partial charge in [0, 0.05) is 11.4 Å². The molecule has 0 aromatic carbocycles. The smallest absolute Gasteiger partial charge is 0.371 e. The number of hydrogen-bond acceptors (Lipinski definition) is 5. The van der Waals surface area contributed by atoms with Crippen molar-refractivity contribution in [1.82, 2.24) is 5.32 Å². The number of rotatable bonds is 4. The Morgan fingerprint density at radius 1 is 1.53 bits per heavy atom. The van der Waals surface area contributed by atoms with E-state index >= 15 is 0 Å². The monoisotopic (exact) mass is 257 g/mol. The Morgan fingerprint density at radius 2 is 2.29 bits per heavy atom. The molecule has 17 heavy (non-hydrogen) atoms. The minimum Gasteiger partial charge on any atom is -0.475 e. The van der Waals surface area contributed by atoms with Crippen LogP contribution in [0.4, 0.5) is 0 Å². The van der Waals surface area contributed by atoms with E-state index < -0.39 is 15.8 Å². The fourth-order valence-electron chi connectivity index (χ4n) is 1.52. The predicted octanol–water partition coefficient (Wildman–Crippen LogP) is 0.378. The molecule has 1 aromatic heterocycles. The number of nitrogens with one attached hydrogen (secondary N) is 1. The average Bonchev–Trinajstić information content (AvgIpc) is 2.81. The van der Waals surface area contributed by atoms with Gasteiger partial charge in [0.2, 0.25) is 5.76 Å². The maximum absolute atomic E-state index is 11.1. The lowest BCUT2D eigenvalue weighted by atomic mass is 10.3. The molecule has 0 amide bonds. The lowest BCUT2D eigenvalue weighted by molar-refractivity contribution is 0.0660. The van der Waals surface area contributed by atoms with Crippen molar-refractivity contribution in [2.75, 3.05) is 5.75 Å². The molecule has 2 heterocycles. The summed E-state index contributed by atoms with van der Waals surface area (Å²) >= 11 is 0. The molecule has 6 nitrogen and oxygen atoms in total. The summed E-state index contributed by atoms with van der Waals surface area (Å²) in [6, 6.07) is 2.66. The van der Waals surface area contributed by atoms with Gasteiger partial charge >= 0.3 is 5.97 Å². The standard InChI is InChI=1S/C10H11NO5S/c12-10(13)9-2-1-8(16-9)5-11-7-3-4-17(14,15)6-7/h1-4,7,11H,5-6H2,(H,12,13). The fourth-order valence-corrected chi connectivity index (χ4v) is 2.79. The first-order chi connectivity index (χ1) is 7.96. The van der Waals surface area contributed by atoms with Gasteiger partial charge in [-0.2, -0.15) is 0 Å². The highest BCUT2D eigenvalue weighted by Gasteiger charge is 2.21. The zero-order valence-electron chi connectivity index (χ0n) is 8.79. The van der Waals surface area contributed by atoms with Crippen LogP contribution in [0.15, 0.2) is 28.0 Å². The fraction of sp³-hybridized carbons (Fsp3) is 0.300. The van der Waals surface area contributed by atoms with Crippen LogP contribution < -0.4 is 5.32 Å². The van der Waals surface area contributed by atoms with Crippen molar-refractivity contribution in [2.24, 2.45) is 0 Å². The summed E-state index contributed by atoms with van der Waals surface area (Å²) < 4.78 is 27.3. The molecule has 1 aromatic rings. The second kappa shape index (κ2) is 4.34. The summed E-state index contributed by atoms with van der Waals surface area (Å²) in [7, 11) is -3.08. The number of hydrogen-bond donors (Lipinski definition) is 2. The highest BCUT2D eigenvalue weighted by molar-refractivity contribution is 7.94. The second-order valence-electron chi connectivity index (χ2n) is 3.72. The zero-order chi connectivity index (χ0) is 12.5. The number of carboxylic acids is 1. The van der Waals surface area contributed by atoms with Crippen LogP contribution in [0, 0.1) is 0 Å². The first-order valence-electron chi connectivity index (χ1n) is 4.93. The molecule has 0 saturated carbocycles. The Labute approximate surface area is 97.9 Å². The van der Waals surface area contributed by atoms with Crippen molar-refractivity contribution in [3.05, 3.63) is 35.1 Å². The van der Waals surface area contributed by atoms with E-state index in [1.54, 1.807) is 12.1 Å². The van der Waals surface area contributed by atoms with E-state index in [-0.39, 0.29) is 24.1 Å². The van der Waals surface area contributed by atoms with Crippen molar-refractivity contribution in [2.45, 2.75) is 12.6 Å². The Morgan fingerprint density at radius 3 is 2.82 bits per heavy atom. The van der Waals surface area contributed by atoms with Gasteiger partial charge in [-0.05, 0) is 12.1 Å². The van der Waals surface area contributed by atoms with Crippen molar-refractivity contribution >= 4 is 15.8 Å². The third-order valence-electron chi connectivity index (χ3n) is 2.34. The largest absolute Gasteiger partial charge is 0.475 e. The van der Waals surface area contributed by atoms with Crippen LogP contribution >= 0.6 is 0 Å². The molecule has 0 bridgehead atoms. The topological polar surface area (TPSA) is 96.6 Å². The lowest BCUT2D eigenvalue weighted by Gasteiger charge is -2.07. The van der Waals surface area contributed by atoms with Gasteiger partial charge in [-0.25, -0.2) is 13.2 Å². The molecule has 0 saturated heterocycles. The summed E-state index contributed by atoms with van der Waals surface area (Å²) in [6.07, 6.45) is 1.57. The van der Waals surface area contributed by atoms with Crippen molar-refractivity contribution in [3.8, 4) is 0 Å². The van der Waals surface area contributed by atoms with Crippen LogP contribution in [0.25, 0.3) is 0 Å². The normalized spacial score (nSPS) is 21.8. The number of furan rings is 1. The van der Waals surface area contributed by atoms with Gasteiger partial charge in [-0.15, -0.1) is 0 Å². The van der Waals surface area contributed by atoms with Crippen LogP contribution in [-0.2, 0) is 16.4 Å². The molecular formula is C10H11NO5S. The van der Waals surface area contributed by atoms with E-state index in [4.69, 9.17) is 9.52 Å². The van der Waals surface area contributed by atoms with E-state index in [0.29, 0.717) is 5.76 Å². The number of carbonyl (C=O) groups is 1. The number of aromatic carboxylic acids is 1. The maximum atomic E-state index is 11.1. The van der Waals surface area contributed by atoms with Gasteiger partial charge in [0.1, 0.15) is 5.76 Å². The summed E-state index contributed by atoms with van der Waals surface area (Å²) in [5, 5.41) is 12.8. The lowest BCUT2D eigenvalue weighted by Crippen LogP contribution is -2.29. The maximum Gasteiger partial charge on any atom is 0.371 e. The molecular weight excluding hydrogens is 246 g/mol. The first-order valence-corrected chi connectivity index (χ1v) is 6.64. The van der Waals surface area contributed by atoms with Crippen LogP contribution in [0.2, 0.25) is 0 Å². The predicted molar refractivity (Wildman–Crippen MR) is 59.2 cm³/mol. The minimum absolute atomic E-state index is 0.0273. The summed E-state index contributed by atoms with van der Waals surface area (Å²) in [6.45, 7) is 0.289. The minimum atomic E-state index is -3.08. The van der Waals surface area contributed by atoms with Gasteiger partial charge in [-0.1, -0.05) is 6.08 Å². The van der Waals surface area contributed by atoms with E-state index in [1.807, 2.05) is 0 Å². The second-order valence-corrected chi connectivity index (χ2v) is 5.65. The van der Waals surface area contributed by atoms with E-state index in [0.717, 1.165) is 0 Å². The van der Waals surface area contributed by atoms with Gasteiger partial charge in [0.25, 0.3) is 0 Å². The Bertz CT molecular complexity index is 557. The molecule has 2 rings (SSSR count). The Hall–Kier alpha value is -1.60. The SMILES string of the molecule is O=C(O)c1ccc(CNC2C=CS(=O)(=O)C2)o1. The van der Waals surface area contributed by atoms with E-state index in [1.165, 1.54) is 11.5 Å². The van der Waals surface area contributed by atoms with E-state index in [2.05, 4.69) is 5.32 Å². The molecule has 92 valence electrons. The van der Waals surface area contributed by atoms with Crippen molar-refractivity contribution in [1.29, 1.82) is 0 Å². The molecule has 0 aliphatic carbocycles. The highest BCUT2D eigenvalue weighted by atomic mass is 32.2. The van der Waals surface area contributed by atoms with Crippen molar-refractivity contribution in [3.63, 3.8) is 0 Å². The molecule has 1 aliphatic heterocycles. The van der Waals surface area contributed by atoms with Crippen LogP contribution in [0.5, 0.6) is 0 Å². The van der Waals surface area contributed by atoms with Gasteiger partial charge in [-0.3, -0.25) is 0 Å². The van der Waals surface area contributed by atoms with Gasteiger partial charge in [0.05, 0.1) is 12.3 Å². The third kappa shape index (κ3) is 2.95. The highest BCUT2D eigenvalue weighted by Crippen LogP contribution is 2.11. The summed E-state index contributed by atoms with van der Waals surface area (Å²) in [5.41, 5.74) is 0. The Kier molecular flexibility index (Phi) is 3.03. The summed E-state index contributed by atoms with van der Waals surface area (Å²) in [4.78, 5) is 10.6. The molecule has 2 N–H and O–H groups in total. The molecule has 0 fully saturated rings. The molecule has 0 spiro atoms. The van der Waals surface area contributed by atoms with Crippen LogP contribution in [0.1, 0.15) is 16.3 Å². The zero-order valence-corrected chi connectivity index (χ0v) is 9.61. The Balaban J connectivity index is 1.91. The number of carboxylic acid groups (broad SMARTS) is 1. The average molecular weight is 257 g/mol. The van der Waals surface area contributed by atoms with Crippen LogP contribution in [0.3, 0.4) is 0 Å². The molecule has 0 radical (unpaired) electrons. The molecule has 1 aliphatic rings. The van der Waals surface area contributed by atoms with Crippen molar-refractivity contribution < 1.29 is 22.7 Å². The van der Waals surface area contributed by atoms with Gasteiger partial charge < -0.3 is 14.8 Å². The third-order valence-corrected chi connectivity index (χ3v) is 3.74. The van der Waals surface area contributed by atoms with Gasteiger partial charge in [0.15, 0.2) is 9.84 Å². The molecule has 1 atom stereocenters. The number of sulfone groups is 1. The quantitative estimate of drug-likeness (QED) is 0.809. The first kappa shape index (κ1) is 11.9. The summed E-state index contributed by atoms with van der Waals surface area (Å²) in [5.74, 6) is -0.768. The molecule has 7 heteroatoms. The van der Waals surface area contributed by atoms with Crippen LogP contribution in [-0.4, -0.2) is 31.3 Å². The molecule has 1 unspecified atom stereocenters. The van der Waals surface area contributed by atoms with E-state index in [9.17, 15) is 13.2 Å².